The number of benzene rings is 3. The third-order valence-electron chi connectivity index (χ3n) is 5.63. The summed E-state index contributed by atoms with van der Waals surface area (Å²) in [7, 11) is 0.659. The molecule has 0 N–H and O–H groups in total. The van der Waals surface area contributed by atoms with E-state index < -0.39 is 13.1 Å². The number of ether oxygens (including phenoxy) is 1. The van der Waals surface area contributed by atoms with Gasteiger partial charge in [0, 0.05) is 25.7 Å². The van der Waals surface area contributed by atoms with Gasteiger partial charge in [0.05, 0.1) is 19.3 Å². The van der Waals surface area contributed by atoms with Gasteiger partial charge in [0.2, 0.25) is 0 Å². The molecule has 168 valence electrons. The van der Waals surface area contributed by atoms with Gasteiger partial charge in [-0.05, 0) is 22.7 Å². The number of rotatable bonds is 6. The van der Waals surface area contributed by atoms with Crippen molar-refractivity contribution in [1.82, 2.24) is 4.90 Å². The molecule has 0 saturated carbocycles. The summed E-state index contributed by atoms with van der Waals surface area (Å²) in [6, 6.07) is 30.7. The highest BCUT2D eigenvalue weighted by atomic mass is 16.6. The zero-order valence-corrected chi connectivity index (χ0v) is 18.7. The van der Waals surface area contributed by atoms with Gasteiger partial charge in [-0.25, -0.2) is 4.79 Å². The number of carbonyl (C=O) groups excluding carboxylic acids is 1. The molecule has 2 atom stereocenters. The fourth-order valence-electron chi connectivity index (χ4n) is 3.98. The largest absolute Gasteiger partial charge is 0.487 e. The average Bonchev–Trinajstić information content (AvgIpc) is 2.86. The van der Waals surface area contributed by atoms with Crippen LogP contribution in [0.5, 0.6) is 0 Å². The third kappa shape index (κ3) is 6.65. The Bertz CT molecular complexity index is 978. The summed E-state index contributed by atoms with van der Waals surface area (Å²) >= 11 is 0. The van der Waals surface area contributed by atoms with Crippen LogP contribution in [0.15, 0.2) is 103 Å². The van der Waals surface area contributed by atoms with E-state index in [1.54, 1.807) is 5.98 Å². The normalized spacial score (nSPS) is 19.7. The summed E-state index contributed by atoms with van der Waals surface area (Å²) in [4.78, 5) is 14.1. The number of esters is 1. The van der Waals surface area contributed by atoms with Crippen molar-refractivity contribution < 1.29 is 18.8 Å². The molecule has 1 aliphatic heterocycles. The summed E-state index contributed by atoms with van der Waals surface area (Å²) in [5.41, 5.74) is 3.36. The fraction of sp³-hybridized carbons (Fsp3) is 0.222. The Labute approximate surface area is 195 Å². The molecule has 0 aliphatic carbocycles. The summed E-state index contributed by atoms with van der Waals surface area (Å²) in [5, 5.41) is 0. The minimum absolute atomic E-state index is 0.223. The number of hydrogen-bond donors (Lipinski definition) is 0. The molecule has 1 heterocycles. The highest BCUT2D eigenvalue weighted by molar-refractivity contribution is 6.51. The van der Waals surface area contributed by atoms with Crippen molar-refractivity contribution >= 4 is 13.1 Å². The van der Waals surface area contributed by atoms with E-state index in [4.69, 9.17) is 14.0 Å². The summed E-state index contributed by atoms with van der Waals surface area (Å²) in [5.74, 6) is 1.19. The van der Waals surface area contributed by atoms with Crippen molar-refractivity contribution in [3.8, 4) is 0 Å². The van der Waals surface area contributed by atoms with E-state index >= 15 is 0 Å². The van der Waals surface area contributed by atoms with Crippen LogP contribution < -0.4 is 0 Å². The van der Waals surface area contributed by atoms with E-state index in [-0.39, 0.29) is 12.2 Å². The van der Waals surface area contributed by atoms with Crippen LogP contribution in [0.1, 0.15) is 28.9 Å². The SMILES string of the molecule is COC(=O)/C=C/B1O[C@H](c2ccccc2)CN(Cc2ccccc2)C[C@@H](c2ccccc2)O1. The van der Waals surface area contributed by atoms with E-state index in [1.807, 2.05) is 42.5 Å². The van der Waals surface area contributed by atoms with Crippen molar-refractivity contribution in [1.29, 1.82) is 0 Å². The second kappa shape index (κ2) is 11.6. The first-order valence-corrected chi connectivity index (χ1v) is 11.1. The molecule has 0 aromatic heterocycles. The number of carbonyl (C=O) groups is 1. The van der Waals surface area contributed by atoms with E-state index in [0.717, 1.165) is 17.7 Å². The van der Waals surface area contributed by atoms with E-state index in [0.29, 0.717) is 13.1 Å². The maximum atomic E-state index is 11.7. The van der Waals surface area contributed by atoms with Crippen molar-refractivity contribution in [2.24, 2.45) is 0 Å². The van der Waals surface area contributed by atoms with Gasteiger partial charge < -0.3 is 14.0 Å². The van der Waals surface area contributed by atoms with Crippen LogP contribution in [0, 0.1) is 0 Å². The van der Waals surface area contributed by atoms with Crippen LogP contribution in [-0.4, -0.2) is 38.2 Å². The number of hydrogen-bond acceptors (Lipinski definition) is 5. The molecule has 0 unspecified atom stereocenters. The fourth-order valence-corrected chi connectivity index (χ4v) is 3.98. The highest BCUT2D eigenvalue weighted by Crippen LogP contribution is 2.29. The maximum Gasteiger partial charge on any atom is 0.487 e. The van der Waals surface area contributed by atoms with Gasteiger partial charge in [-0.15, -0.1) is 0 Å². The monoisotopic (exact) mass is 441 g/mol. The topological polar surface area (TPSA) is 48.0 Å². The Morgan fingerprint density at radius 2 is 1.36 bits per heavy atom. The van der Waals surface area contributed by atoms with Crippen LogP contribution >= 0.6 is 0 Å². The minimum Gasteiger partial charge on any atom is -0.466 e. The predicted molar refractivity (Wildman–Crippen MR) is 129 cm³/mol. The molecule has 3 aromatic carbocycles. The molecular weight excluding hydrogens is 413 g/mol. The molecule has 33 heavy (non-hydrogen) atoms. The van der Waals surface area contributed by atoms with Crippen LogP contribution in [0.2, 0.25) is 0 Å². The Morgan fingerprint density at radius 3 is 1.85 bits per heavy atom. The predicted octanol–water partition coefficient (Wildman–Crippen LogP) is 4.77. The zero-order valence-electron chi connectivity index (χ0n) is 18.7. The number of methoxy groups -OCH3 is 1. The van der Waals surface area contributed by atoms with Gasteiger partial charge in [0.15, 0.2) is 0 Å². The molecule has 3 aromatic rings. The molecule has 0 amide bonds. The molecule has 1 aliphatic rings. The summed E-state index contributed by atoms with van der Waals surface area (Å²) in [6.07, 6.45) is 0.913. The molecule has 0 spiro atoms. The smallest absolute Gasteiger partial charge is 0.466 e. The van der Waals surface area contributed by atoms with Gasteiger partial charge in [0.25, 0.3) is 0 Å². The number of nitrogens with zero attached hydrogens (tertiary/aromatic N) is 1. The lowest BCUT2D eigenvalue weighted by Crippen LogP contribution is -2.41. The maximum absolute atomic E-state index is 11.7. The van der Waals surface area contributed by atoms with Gasteiger partial charge >= 0.3 is 13.1 Å². The second-order valence-corrected chi connectivity index (χ2v) is 8.00. The first kappa shape index (κ1) is 23.0. The Hall–Kier alpha value is -3.19. The van der Waals surface area contributed by atoms with Crippen molar-refractivity contribution in [3.05, 3.63) is 120 Å². The van der Waals surface area contributed by atoms with Gasteiger partial charge in [0.1, 0.15) is 0 Å². The Kier molecular flexibility index (Phi) is 8.09. The summed E-state index contributed by atoms with van der Waals surface area (Å²) < 4.78 is 17.6. The molecule has 6 heteroatoms. The van der Waals surface area contributed by atoms with Gasteiger partial charge in [-0.2, -0.15) is 0 Å². The molecule has 0 bridgehead atoms. The van der Waals surface area contributed by atoms with E-state index in [1.165, 1.54) is 18.7 Å². The standard InChI is InChI=1S/C27H28BNO4/c1-31-27(30)17-18-28-32-25(23-13-7-3-8-14-23)20-29(19-22-11-5-2-6-12-22)21-26(33-28)24-15-9-4-10-16-24/h2-18,25-26H,19-21H2,1H3/b18-17+/t25-,26-/m0/s1. The summed E-state index contributed by atoms with van der Waals surface area (Å²) in [6.45, 7) is 2.16. The minimum atomic E-state index is -0.696. The first-order chi connectivity index (χ1) is 16.2. The molecule has 5 nitrogen and oxygen atoms in total. The van der Waals surface area contributed by atoms with Crippen LogP contribution in [0.3, 0.4) is 0 Å². The molecule has 1 fully saturated rings. The lowest BCUT2D eigenvalue weighted by molar-refractivity contribution is -0.134. The Balaban J connectivity index is 1.65. The molecule has 1 saturated heterocycles. The second-order valence-electron chi connectivity index (χ2n) is 8.00. The van der Waals surface area contributed by atoms with Crippen LogP contribution in [0.25, 0.3) is 0 Å². The Morgan fingerprint density at radius 1 is 0.879 bits per heavy atom. The lowest BCUT2D eigenvalue weighted by atomic mass is 9.86. The molecular formula is C27H28BNO4. The van der Waals surface area contributed by atoms with Gasteiger partial charge in [-0.1, -0.05) is 91.0 Å². The van der Waals surface area contributed by atoms with Crippen LogP contribution in [0.4, 0.5) is 0 Å². The zero-order chi connectivity index (χ0) is 22.9. The van der Waals surface area contributed by atoms with E-state index in [2.05, 4.69) is 53.4 Å². The first-order valence-electron chi connectivity index (χ1n) is 11.1. The highest BCUT2D eigenvalue weighted by Gasteiger charge is 2.32. The van der Waals surface area contributed by atoms with Gasteiger partial charge in [-0.3, -0.25) is 4.90 Å². The quantitative estimate of drug-likeness (QED) is 0.313. The molecule has 0 radical (unpaired) electrons. The van der Waals surface area contributed by atoms with E-state index in [9.17, 15) is 4.79 Å². The van der Waals surface area contributed by atoms with Crippen LogP contribution in [-0.2, 0) is 25.4 Å². The van der Waals surface area contributed by atoms with Crippen molar-refractivity contribution in [3.63, 3.8) is 0 Å². The van der Waals surface area contributed by atoms with Crippen molar-refractivity contribution in [2.45, 2.75) is 18.8 Å². The average molecular weight is 441 g/mol. The third-order valence-corrected chi connectivity index (χ3v) is 5.63. The lowest BCUT2D eigenvalue weighted by Gasteiger charge is -2.36. The molecule has 4 rings (SSSR count). The van der Waals surface area contributed by atoms with Crippen molar-refractivity contribution in [2.75, 3.05) is 20.2 Å².